The Hall–Kier alpha value is -4.73. The van der Waals surface area contributed by atoms with Gasteiger partial charge in [-0.05, 0) is 92.2 Å². The van der Waals surface area contributed by atoms with Gasteiger partial charge in [-0.1, -0.05) is 41.9 Å². The number of thioether (sulfide) groups is 1. The first-order chi connectivity index (χ1) is 21.2. The fourth-order valence-corrected chi connectivity index (χ4v) is 5.06. The molecule has 0 bridgehead atoms. The van der Waals surface area contributed by atoms with Crippen molar-refractivity contribution in [1.29, 1.82) is 0 Å². The summed E-state index contributed by atoms with van der Waals surface area (Å²) in [6.45, 7) is 4.23. The second kappa shape index (κ2) is 15.7. The molecule has 0 aliphatic carbocycles. The summed E-state index contributed by atoms with van der Waals surface area (Å²) in [6.07, 6.45) is 1.60. The molecule has 0 aliphatic rings. The average Bonchev–Trinajstić information content (AvgIpc) is 3.03. The number of carbonyl (C=O) groups excluding carboxylic acids is 3. The highest BCUT2D eigenvalue weighted by molar-refractivity contribution is 8.00. The molecule has 3 amide bonds. The SMILES string of the molecule is CCOc1ccc(/C=C(\NC(=O)c2ccccc2)C(=O)Nc2ccc(SC(C)C(=O)Nc3cc(Cl)ccc3OC)cc2)cc1. The highest BCUT2D eigenvalue weighted by Crippen LogP contribution is 2.30. The highest BCUT2D eigenvalue weighted by Gasteiger charge is 2.18. The first-order valence-corrected chi connectivity index (χ1v) is 15.0. The van der Waals surface area contributed by atoms with E-state index in [0.717, 1.165) is 4.90 Å². The van der Waals surface area contributed by atoms with Crippen LogP contribution in [0.3, 0.4) is 0 Å². The molecular formula is C34H32ClN3O5S. The number of halogens is 1. The molecule has 4 aromatic carbocycles. The van der Waals surface area contributed by atoms with Crippen LogP contribution in [0.2, 0.25) is 5.02 Å². The Morgan fingerprint density at radius 1 is 0.909 bits per heavy atom. The Bertz CT molecular complexity index is 1630. The maximum atomic E-state index is 13.4. The van der Waals surface area contributed by atoms with Crippen LogP contribution in [0.1, 0.15) is 29.8 Å². The van der Waals surface area contributed by atoms with Gasteiger partial charge in [-0.2, -0.15) is 0 Å². The molecule has 1 unspecified atom stereocenters. The summed E-state index contributed by atoms with van der Waals surface area (Å²) in [7, 11) is 1.52. The molecule has 0 fully saturated rings. The zero-order valence-corrected chi connectivity index (χ0v) is 26.0. The molecule has 0 heterocycles. The first kappa shape index (κ1) is 32.2. The van der Waals surface area contributed by atoms with Crippen LogP contribution in [0.4, 0.5) is 11.4 Å². The Kier molecular flexibility index (Phi) is 11.5. The lowest BCUT2D eigenvalue weighted by atomic mass is 10.1. The molecule has 10 heteroatoms. The number of hydrogen-bond acceptors (Lipinski definition) is 6. The second-order valence-corrected chi connectivity index (χ2v) is 11.3. The number of amides is 3. The van der Waals surface area contributed by atoms with Gasteiger partial charge in [-0.15, -0.1) is 11.8 Å². The zero-order chi connectivity index (χ0) is 31.5. The molecule has 44 heavy (non-hydrogen) atoms. The van der Waals surface area contributed by atoms with Gasteiger partial charge in [-0.25, -0.2) is 0 Å². The van der Waals surface area contributed by atoms with Crippen LogP contribution < -0.4 is 25.4 Å². The number of nitrogens with one attached hydrogen (secondary N) is 3. The van der Waals surface area contributed by atoms with Crippen molar-refractivity contribution >= 4 is 58.5 Å². The van der Waals surface area contributed by atoms with Crippen LogP contribution in [-0.4, -0.2) is 36.7 Å². The predicted molar refractivity (Wildman–Crippen MR) is 177 cm³/mol. The largest absolute Gasteiger partial charge is 0.495 e. The van der Waals surface area contributed by atoms with E-state index in [1.165, 1.54) is 18.9 Å². The van der Waals surface area contributed by atoms with E-state index in [-0.39, 0.29) is 11.6 Å². The highest BCUT2D eigenvalue weighted by atomic mass is 35.5. The van der Waals surface area contributed by atoms with Crippen LogP contribution in [0, 0.1) is 0 Å². The average molecular weight is 630 g/mol. The first-order valence-electron chi connectivity index (χ1n) is 13.8. The number of benzene rings is 4. The maximum absolute atomic E-state index is 13.4. The predicted octanol–water partition coefficient (Wildman–Crippen LogP) is 7.28. The number of anilines is 2. The van der Waals surface area contributed by atoms with Crippen molar-refractivity contribution < 1.29 is 23.9 Å². The van der Waals surface area contributed by atoms with Crippen molar-refractivity contribution in [3.8, 4) is 11.5 Å². The molecule has 1 atom stereocenters. The van der Waals surface area contributed by atoms with Gasteiger partial charge >= 0.3 is 0 Å². The summed E-state index contributed by atoms with van der Waals surface area (Å²) in [5.41, 5.74) is 2.21. The third-order valence-electron chi connectivity index (χ3n) is 6.24. The molecule has 0 saturated heterocycles. The number of carbonyl (C=O) groups is 3. The van der Waals surface area contributed by atoms with E-state index >= 15 is 0 Å². The van der Waals surface area contributed by atoms with E-state index in [1.54, 1.807) is 91.9 Å². The smallest absolute Gasteiger partial charge is 0.272 e. The molecule has 226 valence electrons. The van der Waals surface area contributed by atoms with Crippen LogP contribution in [0.15, 0.2) is 108 Å². The second-order valence-electron chi connectivity index (χ2n) is 9.45. The van der Waals surface area contributed by atoms with Gasteiger partial charge < -0.3 is 25.4 Å². The van der Waals surface area contributed by atoms with Crippen LogP contribution in [0.25, 0.3) is 6.08 Å². The topological polar surface area (TPSA) is 106 Å². The molecule has 8 nitrogen and oxygen atoms in total. The Labute approximate surface area is 265 Å². The zero-order valence-electron chi connectivity index (χ0n) is 24.4. The van der Waals surface area contributed by atoms with Crippen LogP contribution in [0.5, 0.6) is 11.5 Å². The molecule has 0 aliphatic heterocycles. The Balaban J connectivity index is 1.44. The Morgan fingerprint density at radius 2 is 1.61 bits per heavy atom. The quantitative estimate of drug-likeness (QED) is 0.112. The van der Waals surface area contributed by atoms with Crippen LogP contribution in [-0.2, 0) is 9.59 Å². The minimum Gasteiger partial charge on any atom is -0.495 e. The van der Waals surface area contributed by atoms with Gasteiger partial charge in [0, 0.05) is 21.2 Å². The van der Waals surface area contributed by atoms with Gasteiger partial charge in [0.1, 0.15) is 17.2 Å². The van der Waals surface area contributed by atoms with Crippen molar-refractivity contribution in [2.45, 2.75) is 24.0 Å². The molecule has 0 saturated carbocycles. The van der Waals surface area contributed by atoms with Crippen molar-refractivity contribution in [1.82, 2.24) is 5.32 Å². The van der Waals surface area contributed by atoms with E-state index in [1.807, 2.05) is 25.1 Å². The van der Waals surface area contributed by atoms with Gasteiger partial charge in [0.25, 0.3) is 11.8 Å². The number of rotatable bonds is 12. The summed E-state index contributed by atoms with van der Waals surface area (Å²) in [4.78, 5) is 39.9. The fraction of sp³-hybridized carbons (Fsp3) is 0.147. The van der Waals surface area contributed by atoms with Crippen molar-refractivity contribution in [3.63, 3.8) is 0 Å². The normalized spacial score (nSPS) is 11.7. The van der Waals surface area contributed by atoms with Crippen molar-refractivity contribution in [2.75, 3.05) is 24.4 Å². The summed E-state index contributed by atoms with van der Waals surface area (Å²) >= 11 is 7.43. The third kappa shape index (κ3) is 9.13. The Morgan fingerprint density at radius 3 is 2.27 bits per heavy atom. The number of methoxy groups -OCH3 is 1. The standard InChI is InChI=1S/C34H32ClN3O5S/c1-4-43-27-15-10-23(11-16-27)20-30(38-33(40)24-8-6-5-7-9-24)34(41)36-26-13-17-28(18-14-26)44-22(2)32(39)37-29-21-25(35)12-19-31(29)42-3/h5-22H,4H2,1-3H3,(H,36,41)(H,37,39)(H,38,40)/b30-20-. The lowest BCUT2D eigenvalue weighted by Gasteiger charge is -2.15. The minimum absolute atomic E-state index is 0.0724. The van der Waals surface area contributed by atoms with Gasteiger partial charge in [0.05, 0.1) is 24.7 Å². The molecule has 0 aromatic heterocycles. The maximum Gasteiger partial charge on any atom is 0.272 e. The molecule has 4 aromatic rings. The molecule has 0 radical (unpaired) electrons. The third-order valence-corrected chi connectivity index (χ3v) is 7.59. The van der Waals surface area contributed by atoms with Crippen molar-refractivity contribution in [3.05, 3.63) is 119 Å². The summed E-state index contributed by atoms with van der Waals surface area (Å²) < 4.78 is 10.8. The fourth-order valence-electron chi connectivity index (χ4n) is 4.02. The van der Waals surface area contributed by atoms with E-state index in [4.69, 9.17) is 21.1 Å². The molecule has 4 rings (SSSR count). The number of ether oxygens (including phenoxy) is 2. The molecule has 0 spiro atoms. The number of hydrogen-bond donors (Lipinski definition) is 3. The van der Waals surface area contributed by atoms with Crippen molar-refractivity contribution in [2.24, 2.45) is 0 Å². The lowest BCUT2D eigenvalue weighted by molar-refractivity contribution is -0.115. The van der Waals surface area contributed by atoms with Crippen LogP contribution >= 0.6 is 23.4 Å². The summed E-state index contributed by atoms with van der Waals surface area (Å²) in [6, 6.07) is 28.0. The lowest BCUT2D eigenvalue weighted by Crippen LogP contribution is -2.30. The van der Waals surface area contributed by atoms with E-state index < -0.39 is 17.1 Å². The van der Waals surface area contributed by atoms with Gasteiger partial charge in [-0.3, -0.25) is 14.4 Å². The van der Waals surface area contributed by atoms with Gasteiger partial charge in [0.2, 0.25) is 5.91 Å². The van der Waals surface area contributed by atoms with Gasteiger partial charge in [0.15, 0.2) is 0 Å². The molecular weight excluding hydrogens is 598 g/mol. The minimum atomic E-state index is -0.494. The van der Waals surface area contributed by atoms with E-state index in [0.29, 0.717) is 45.6 Å². The van der Waals surface area contributed by atoms with E-state index in [9.17, 15) is 14.4 Å². The molecule has 3 N–H and O–H groups in total. The summed E-state index contributed by atoms with van der Waals surface area (Å²) in [5, 5.41) is 8.48. The van der Waals surface area contributed by atoms with E-state index in [2.05, 4.69) is 16.0 Å². The summed E-state index contributed by atoms with van der Waals surface area (Å²) in [5.74, 6) is 0.0964. The monoisotopic (exact) mass is 629 g/mol.